The normalized spacial score (nSPS) is 22.3. The van der Waals surface area contributed by atoms with E-state index in [1.807, 2.05) is 24.3 Å². The molecule has 1 saturated carbocycles. The average molecular weight is 290 g/mol. The van der Waals surface area contributed by atoms with Crippen LogP contribution in [0, 0.1) is 5.92 Å². The summed E-state index contributed by atoms with van der Waals surface area (Å²) in [6.07, 6.45) is 6.73. The topological polar surface area (TPSA) is 64.3 Å². The highest BCUT2D eigenvalue weighted by molar-refractivity contribution is 5.73. The molecule has 1 fully saturated rings. The van der Waals surface area contributed by atoms with Gasteiger partial charge in [0.1, 0.15) is 5.75 Å². The van der Waals surface area contributed by atoms with Crippen molar-refractivity contribution in [3.8, 4) is 5.75 Å². The van der Waals surface area contributed by atoms with E-state index in [1.54, 1.807) is 0 Å². The van der Waals surface area contributed by atoms with E-state index in [4.69, 9.17) is 10.5 Å². The molecule has 1 aromatic carbocycles. The third-order valence-electron chi connectivity index (χ3n) is 4.10. The van der Waals surface area contributed by atoms with Gasteiger partial charge in [0.15, 0.2) is 0 Å². The highest BCUT2D eigenvalue weighted by Crippen LogP contribution is 2.25. The molecule has 0 heterocycles. The Bertz CT molecular complexity index is 445. The Kier molecular flexibility index (Phi) is 5.90. The second-order valence-electron chi connectivity index (χ2n) is 6.04. The molecule has 21 heavy (non-hydrogen) atoms. The van der Waals surface area contributed by atoms with Crippen LogP contribution in [0.25, 0.3) is 0 Å². The summed E-state index contributed by atoms with van der Waals surface area (Å²) in [6, 6.07) is 8.52. The third kappa shape index (κ3) is 5.66. The maximum absolute atomic E-state index is 10.6. The van der Waals surface area contributed by atoms with Gasteiger partial charge < -0.3 is 15.8 Å². The molecule has 1 aromatic rings. The Hall–Kier alpha value is -1.71. The highest BCUT2D eigenvalue weighted by atomic mass is 16.5. The standard InChI is InChI=1S/C17H26N2O2/c1-13-3-2-4-14(6-5-13)19-15-7-9-16(10-8-15)21-12-11-17(18)20/h7-10,13-14,19H,2-6,11-12H2,1H3,(H2,18,20). The third-order valence-corrected chi connectivity index (χ3v) is 4.10. The van der Waals surface area contributed by atoms with Crippen molar-refractivity contribution >= 4 is 11.6 Å². The van der Waals surface area contributed by atoms with E-state index in [-0.39, 0.29) is 12.3 Å². The van der Waals surface area contributed by atoms with Gasteiger partial charge in [0.2, 0.25) is 5.91 Å². The molecule has 0 aliphatic heterocycles. The maximum atomic E-state index is 10.6. The van der Waals surface area contributed by atoms with Crippen molar-refractivity contribution in [2.75, 3.05) is 11.9 Å². The molecule has 2 rings (SSSR count). The van der Waals surface area contributed by atoms with Crippen LogP contribution in [0.3, 0.4) is 0 Å². The van der Waals surface area contributed by atoms with Crippen molar-refractivity contribution in [3.63, 3.8) is 0 Å². The number of benzene rings is 1. The number of hydrogen-bond acceptors (Lipinski definition) is 3. The van der Waals surface area contributed by atoms with Crippen molar-refractivity contribution in [3.05, 3.63) is 24.3 Å². The molecule has 116 valence electrons. The number of carbonyl (C=O) groups is 1. The maximum Gasteiger partial charge on any atom is 0.220 e. The minimum atomic E-state index is -0.337. The van der Waals surface area contributed by atoms with E-state index in [0.29, 0.717) is 12.6 Å². The molecule has 1 aliphatic rings. The van der Waals surface area contributed by atoms with E-state index >= 15 is 0 Å². The summed E-state index contributed by atoms with van der Waals surface area (Å²) in [5.41, 5.74) is 6.21. The molecule has 0 spiro atoms. The second-order valence-corrected chi connectivity index (χ2v) is 6.04. The van der Waals surface area contributed by atoms with Gasteiger partial charge in [-0.15, -0.1) is 0 Å². The monoisotopic (exact) mass is 290 g/mol. The molecule has 1 amide bonds. The number of nitrogens with two attached hydrogens (primary N) is 1. The number of amides is 1. The molecule has 0 radical (unpaired) electrons. The summed E-state index contributed by atoms with van der Waals surface area (Å²) in [6.45, 7) is 2.68. The summed E-state index contributed by atoms with van der Waals surface area (Å²) in [7, 11) is 0. The van der Waals surface area contributed by atoms with Crippen molar-refractivity contribution in [2.45, 2.75) is 51.5 Å². The molecule has 0 bridgehead atoms. The lowest BCUT2D eigenvalue weighted by Crippen LogP contribution is -2.18. The minimum absolute atomic E-state index is 0.250. The van der Waals surface area contributed by atoms with Crippen molar-refractivity contribution < 1.29 is 9.53 Å². The summed E-state index contributed by atoms with van der Waals surface area (Å²) >= 11 is 0. The van der Waals surface area contributed by atoms with Gasteiger partial charge in [-0.2, -0.15) is 0 Å². The fraction of sp³-hybridized carbons (Fsp3) is 0.588. The molecule has 4 heteroatoms. The quantitative estimate of drug-likeness (QED) is 0.790. The molecule has 2 atom stereocenters. The zero-order valence-electron chi connectivity index (χ0n) is 12.8. The van der Waals surface area contributed by atoms with Crippen LogP contribution in [0.15, 0.2) is 24.3 Å². The molecular formula is C17H26N2O2. The van der Waals surface area contributed by atoms with Crippen molar-refractivity contribution in [2.24, 2.45) is 11.7 Å². The van der Waals surface area contributed by atoms with Crippen LogP contribution in [0.2, 0.25) is 0 Å². The molecule has 0 saturated heterocycles. The Balaban J connectivity index is 1.80. The van der Waals surface area contributed by atoms with E-state index in [0.717, 1.165) is 17.4 Å². The Morgan fingerprint density at radius 1 is 1.24 bits per heavy atom. The highest BCUT2D eigenvalue weighted by Gasteiger charge is 2.15. The molecular weight excluding hydrogens is 264 g/mol. The predicted octanol–water partition coefficient (Wildman–Crippen LogP) is 3.32. The summed E-state index contributed by atoms with van der Waals surface area (Å²) in [4.78, 5) is 10.6. The first-order valence-corrected chi connectivity index (χ1v) is 7.91. The first-order chi connectivity index (χ1) is 10.1. The fourth-order valence-corrected chi connectivity index (χ4v) is 2.78. The molecule has 1 aliphatic carbocycles. The molecule has 0 aromatic heterocycles. The van der Waals surface area contributed by atoms with Crippen LogP contribution in [-0.2, 0) is 4.79 Å². The number of carbonyl (C=O) groups excluding carboxylic acids is 1. The lowest BCUT2D eigenvalue weighted by Gasteiger charge is -2.18. The van der Waals surface area contributed by atoms with Gasteiger partial charge in [0, 0.05) is 11.7 Å². The molecule has 4 nitrogen and oxygen atoms in total. The zero-order chi connectivity index (χ0) is 15.1. The number of hydrogen-bond donors (Lipinski definition) is 2. The van der Waals surface area contributed by atoms with E-state index in [2.05, 4.69) is 12.2 Å². The Morgan fingerprint density at radius 3 is 2.71 bits per heavy atom. The summed E-state index contributed by atoms with van der Waals surface area (Å²) < 4.78 is 5.47. The van der Waals surface area contributed by atoms with Crippen molar-refractivity contribution in [1.29, 1.82) is 0 Å². The number of primary amides is 1. The SMILES string of the molecule is CC1CCCC(Nc2ccc(OCCC(N)=O)cc2)CC1. The van der Waals surface area contributed by atoms with E-state index in [9.17, 15) is 4.79 Å². The van der Waals surface area contributed by atoms with Crippen LogP contribution >= 0.6 is 0 Å². The number of nitrogens with one attached hydrogen (secondary N) is 1. The van der Waals surface area contributed by atoms with Crippen molar-refractivity contribution in [1.82, 2.24) is 0 Å². The first-order valence-electron chi connectivity index (χ1n) is 7.91. The lowest BCUT2D eigenvalue weighted by molar-refractivity contribution is -0.118. The van der Waals surface area contributed by atoms with Gasteiger partial charge in [-0.3, -0.25) is 4.79 Å². The smallest absolute Gasteiger partial charge is 0.220 e. The minimum Gasteiger partial charge on any atom is -0.493 e. The van der Waals surface area contributed by atoms with Crippen LogP contribution in [0.1, 0.15) is 45.4 Å². The van der Waals surface area contributed by atoms with Crippen LogP contribution in [0.4, 0.5) is 5.69 Å². The van der Waals surface area contributed by atoms with Crippen LogP contribution in [-0.4, -0.2) is 18.6 Å². The van der Waals surface area contributed by atoms with Gasteiger partial charge in [0.05, 0.1) is 13.0 Å². The summed E-state index contributed by atoms with van der Waals surface area (Å²) in [5, 5.41) is 3.61. The van der Waals surface area contributed by atoms with Gasteiger partial charge in [0.25, 0.3) is 0 Å². The lowest BCUT2D eigenvalue weighted by atomic mass is 10.0. The second kappa shape index (κ2) is 7.91. The van der Waals surface area contributed by atoms with E-state index < -0.39 is 0 Å². The molecule has 3 N–H and O–H groups in total. The number of anilines is 1. The van der Waals surface area contributed by atoms with Gasteiger partial charge in [-0.05, 0) is 49.4 Å². The first kappa shape index (κ1) is 15.7. The van der Waals surface area contributed by atoms with Gasteiger partial charge in [-0.1, -0.05) is 19.8 Å². The summed E-state index contributed by atoms with van der Waals surface area (Å²) in [5.74, 6) is 1.30. The van der Waals surface area contributed by atoms with Gasteiger partial charge in [-0.25, -0.2) is 0 Å². The average Bonchev–Trinajstić information content (AvgIpc) is 2.65. The molecule has 2 unspecified atom stereocenters. The Labute approximate surface area is 127 Å². The largest absolute Gasteiger partial charge is 0.493 e. The van der Waals surface area contributed by atoms with Gasteiger partial charge >= 0.3 is 0 Å². The Morgan fingerprint density at radius 2 is 2.00 bits per heavy atom. The number of ether oxygens (including phenoxy) is 1. The van der Waals surface area contributed by atoms with Crippen LogP contribution < -0.4 is 15.8 Å². The number of rotatable bonds is 6. The fourth-order valence-electron chi connectivity index (χ4n) is 2.78. The zero-order valence-corrected chi connectivity index (χ0v) is 12.8. The predicted molar refractivity (Wildman–Crippen MR) is 85.4 cm³/mol. The van der Waals surface area contributed by atoms with Crippen LogP contribution in [0.5, 0.6) is 5.75 Å². The van der Waals surface area contributed by atoms with E-state index in [1.165, 1.54) is 32.1 Å².